The predicted octanol–water partition coefficient (Wildman–Crippen LogP) is 4.57. The highest BCUT2D eigenvalue weighted by molar-refractivity contribution is 5.81. The van der Waals surface area contributed by atoms with Crippen molar-refractivity contribution in [1.29, 1.82) is 0 Å². The first-order chi connectivity index (χ1) is 12.9. The number of esters is 1. The van der Waals surface area contributed by atoms with E-state index in [1.807, 2.05) is 58.0 Å². The molecule has 1 aromatic carbocycles. The Morgan fingerprint density at radius 3 is 1.96 bits per heavy atom. The van der Waals surface area contributed by atoms with Gasteiger partial charge in [0.2, 0.25) is 0 Å². The molecule has 0 saturated heterocycles. The number of benzene rings is 1. The van der Waals surface area contributed by atoms with Crippen LogP contribution in [0.5, 0.6) is 5.75 Å². The molecular formula is C22H35NO5. The molecule has 0 aliphatic carbocycles. The number of amides is 1. The molecule has 0 saturated carbocycles. The lowest BCUT2D eigenvalue weighted by Gasteiger charge is -2.30. The third-order valence-electron chi connectivity index (χ3n) is 4.03. The van der Waals surface area contributed by atoms with Crippen LogP contribution in [0, 0.1) is 11.8 Å². The number of rotatable bonds is 8. The van der Waals surface area contributed by atoms with Crippen LogP contribution in [0.25, 0.3) is 0 Å². The molecule has 0 radical (unpaired) electrons. The van der Waals surface area contributed by atoms with Gasteiger partial charge >= 0.3 is 12.1 Å². The van der Waals surface area contributed by atoms with E-state index in [0.717, 1.165) is 5.75 Å². The van der Waals surface area contributed by atoms with Gasteiger partial charge in [-0.1, -0.05) is 45.9 Å². The number of carbonyl (C=O) groups is 2. The van der Waals surface area contributed by atoms with E-state index in [1.54, 1.807) is 27.7 Å². The van der Waals surface area contributed by atoms with Gasteiger partial charge in [-0.3, -0.25) is 0 Å². The van der Waals surface area contributed by atoms with Crippen molar-refractivity contribution in [2.45, 2.75) is 79.2 Å². The first-order valence-corrected chi connectivity index (χ1v) is 9.82. The van der Waals surface area contributed by atoms with E-state index >= 15 is 0 Å². The molecule has 0 bridgehead atoms. The maximum Gasteiger partial charge on any atom is 0.408 e. The summed E-state index contributed by atoms with van der Waals surface area (Å²) in [6.07, 6.45) is -1.45. The van der Waals surface area contributed by atoms with E-state index in [2.05, 4.69) is 5.32 Å². The zero-order valence-electron chi connectivity index (χ0n) is 18.3. The Hall–Kier alpha value is -2.24. The van der Waals surface area contributed by atoms with Gasteiger partial charge in [0, 0.05) is 0 Å². The van der Waals surface area contributed by atoms with Gasteiger partial charge < -0.3 is 19.5 Å². The Bertz CT molecular complexity index is 622. The maximum absolute atomic E-state index is 12.7. The summed E-state index contributed by atoms with van der Waals surface area (Å²) in [5.74, 6) is 0.186. The minimum Gasteiger partial charge on any atom is -0.486 e. The normalized spacial score (nSPS) is 14.9. The van der Waals surface area contributed by atoms with Crippen LogP contribution in [0.2, 0.25) is 0 Å². The van der Waals surface area contributed by atoms with E-state index in [0.29, 0.717) is 0 Å². The van der Waals surface area contributed by atoms with Crippen molar-refractivity contribution in [3.63, 3.8) is 0 Å². The summed E-state index contributed by atoms with van der Waals surface area (Å²) in [5.41, 5.74) is -0.644. The Labute approximate surface area is 168 Å². The van der Waals surface area contributed by atoms with Crippen LogP contribution in [0.1, 0.15) is 55.4 Å². The molecule has 1 amide bonds. The summed E-state index contributed by atoms with van der Waals surface area (Å²) in [6, 6.07) is 8.62. The fraction of sp³-hybridized carbons (Fsp3) is 0.636. The second kappa shape index (κ2) is 10.3. The van der Waals surface area contributed by atoms with Gasteiger partial charge in [-0.15, -0.1) is 0 Å². The molecule has 158 valence electrons. The van der Waals surface area contributed by atoms with Crippen molar-refractivity contribution in [3.05, 3.63) is 30.3 Å². The Balaban J connectivity index is 2.79. The van der Waals surface area contributed by atoms with Gasteiger partial charge in [-0.2, -0.15) is 0 Å². The van der Waals surface area contributed by atoms with Crippen molar-refractivity contribution >= 4 is 12.1 Å². The fourth-order valence-corrected chi connectivity index (χ4v) is 2.69. The average Bonchev–Trinajstić information content (AvgIpc) is 2.56. The first-order valence-electron chi connectivity index (χ1n) is 9.82. The molecule has 0 aromatic heterocycles. The van der Waals surface area contributed by atoms with Gasteiger partial charge in [0.15, 0.2) is 0 Å². The molecule has 1 aromatic rings. The van der Waals surface area contributed by atoms with Gasteiger partial charge in [0.1, 0.15) is 29.6 Å². The number of nitrogens with one attached hydrogen (secondary N) is 1. The Kier molecular flexibility index (Phi) is 8.79. The molecule has 28 heavy (non-hydrogen) atoms. The van der Waals surface area contributed by atoms with E-state index in [1.165, 1.54) is 0 Å². The molecule has 1 rings (SSSR count). The molecule has 0 fully saturated rings. The third kappa shape index (κ3) is 8.19. The Morgan fingerprint density at radius 2 is 1.50 bits per heavy atom. The molecule has 0 aliphatic heterocycles. The van der Waals surface area contributed by atoms with Gasteiger partial charge in [-0.25, -0.2) is 9.59 Å². The summed E-state index contributed by atoms with van der Waals surface area (Å²) in [7, 11) is 0. The van der Waals surface area contributed by atoms with Crippen LogP contribution in [-0.2, 0) is 14.3 Å². The van der Waals surface area contributed by atoms with E-state index in [4.69, 9.17) is 14.2 Å². The third-order valence-corrected chi connectivity index (χ3v) is 4.03. The van der Waals surface area contributed by atoms with E-state index < -0.39 is 29.8 Å². The van der Waals surface area contributed by atoms with Crippen LogP contribution in [0.4, 0.5) is 4.79 Å². The quantitative estimate of drug-likeness (QED) is 0.655. The minimum atomic E-state index is -0.804. The lowest BCUT2D eigenvalue weighted by molar-refractivity contribution is -0.157. The minimum absolute atomic E-state index is 0.124. The highest BCUT2D eigenvalue weighted by atomic mass is 16.6. The first kappa shape index (κ1) is 23.8. The SMILES string of the molecule is CC(C)[C@H](NC(=O)OC(C)(C)C)C(=O)O[C@@H](C)[C@H](Oc1ccccc1)C(C)C. The van der Waals surface area contributed by atoms with Gasteiger partial charge in [0.05, 0.1) is 0 Å². The zero-order chi connectivity index (χ0) is 21.5. The zero-order valence-corrected chi connectivity index (χ0v) is 18.3. The molecule has 0 unspecified atom stereocenters. The summed E-state index contributed by atoms with van der Waals surface area (Å²) in [4.78, 5) is 24.8. The molecule has 3 atom stereocenters. The smallest absolute Gasteiger partial charge is 0.408 e. The fourth-order valence-electron chi connectivity index (χ4n) is 2.69. The number of hydrogen-bond donors (Lipinski definition) is 1. The van der Waals surface area contributed by atoms with Gasteiger partial charge in [0.25, 0.3) is 0 Å². The van der Waals surface area contributed by atoms with Crippen molar-refractivity contribution < 1.29 is 23.8 Å². The van der Waals surface area contributed by atoms with Crippen molar-refractivity contribution in [2.24, 2.45) is 11.8 Å². The molecule has 0 heterocycles. The lowest BCUT2D eigenvalue weighted by atomic mass is 10.0. The standard InChI is InChI=1S/C22H35NO5/c1-14(2)18(23-21(25)28-22(6,7)8)20(24)26-16(5)19(15(3)4)27-17-12-10-9-11-13-17/h9-16,18-19H,1-8H3,(H,23,25)/t16-,18-,19+/m0/s1. The van der Waals surface area contributed by atoms with Crippen LogP contribution >= 0.6 is 0 Å². The van der Waals surface area contributed by atoms with E-state index in [-0.39, 0.29) is 17.9 Å². The topological polar surface area (TPSA) is 73.9 Å². The van der Waals surface area contributed by atoms with Crippen molar-refractivity contribution in [2.75, 3.05) is 0 Å². The predicted molar refractivity (Wildman–Crippen MR) is 109 cm³/mol. The number of alkyl carbamates (subject to hydrolysis) is 1. The summed E-state index contributed by atoms with van der Waals surface area (Å²) < 4.78 is 17.0. The molecule has 1 N–H and O–H groups in total. The molecule has 0 aliphatic rings. The monoisotopic (exact) mass is 393 g/mol. The largest absolute Gasteiger partial charge is 0.486 e. The molecule has 6 heteroatoms. The van der Waals surface area contributed by atoms with Gasteiger partial charge in [-0.05, 0) is 51.7 Å². The van der Waals surface area contributed by atoms with Crippen LogP contribution in [0.15, 0.2) is 30.3 Å². The summed E-state index contributed by atoms with van der Waals surface area (Å²) in [5, 5.41) is 2.62. The number of hydrogen-bond acceptors (Lipinski definition) is 5. The van der Waals surface area contributed by atoms with Crippen molar-refractivity contribution in [1.82, 2.24) is 5.32 Å². The highest BCUT2D eigenvalue weighted by Crippen LogP contribution is 2.20. The maximum atomic E-state index is 12.7. The second-order valence-electron chi connectivity index (χ2n) is 8.65. The lowest BCUT2D eigenvalue weighted by Crippen LogP contribution is -2.49. The van der Waals surface area contributed by atoms with Crippen LogP contribution in [0.3, 0.4) is 0 Å². The highest BCUT2D eigenvalue weighted by Gasteiger charge is 2.32. The van der Waals surface area contributed by atoms with Crippen LogP contribution in [-0.4, -0.2) is 35.9 Å². The van der Waals surface area contributed by atoms with Crippen molar-refractivity contribution in [3.8, 4) is 5.75 Å². The molecule has 6 nitrogen and oxygen atoms in total. The number of para-hydroxylation sites is 1. The summed E-state index contributed by atoms with van der Waals surface area (Å²) >= 11 is 0. The number of ether oxygens (including phenoxy) is 3. The van der Waals surface area contributed by atoms with Crippen LogP contribution < -0.4 is 10.1 Å². The molecular weight excluding hydrogens is 358 g/mol. The second-order valence-corrected chi connectivity index (χ2v) is 8.65. The van der Waals surface area contributed by atoms with E-state index in [9.17, 15) is 9.59 Å². The molecule has 0 spiro atoms. The summed E-state index contributed by atoms with van der Waals surface area (Å²) in [6.45, 7) is 14.8. The average molecular weight is 394 g/mol. The Morgan fingerprint density at radius 1 is 0.929 bits per heavy atom. The number of carbonyl (C=O) groups excluding carboxylic acids is 2.